The predicted octanol–water partition coefficient (Wildman–Crippen LogP) is 4.59. The summed E-state index contributed by atoms with van der Waals surface area (Å²) in [5, 5.41) is 16.7. The fraction of sp³-hybridized carbons (Fsp3) is 0.364. The van der Waals surface area contributed by atoms with Gasteiger partial charge in [-0.15, -0.1) is 0 Å². The molecule has 29 heavy (non-hydrogen) atoms. The molecule has 1 aromatic heterocycles. The van der Waals surface area contributed by atoms with Crippen LogP contribution in [-0.2, 0) is 4.74 Å². The van der Waals surface area contributed by atoms with Crippen molar-refractivity contribution in [2.75, 3.05) is 49.0 Å². The lowest BCUT2D eigenvalue weighted by molar-refractivity contribution is 0.175. The maximum atomic E-state index is 9.42. The van der Waals surface area contributed by atoms with Gasteiger partial charge in [-0.25, -0.2) is 4.98 Å². The Hall–Kier alpha value is -2.75. The van der Waals surface area contributed by atoms with Gasteiger partial charge in [0, 0.05) is 30.8 Å². The number of hydrogen-bond donors (Lipinski definition) is 2. The van der Waals surface area contributed by atoms with Gasteiger partial charge in [0.05, 0.1) is 12.2 Å². The first-order chi connectivity index (χ1) is 14.0. The Labute approximate surface area is 177 Å². The first-order valence-corrected chi connectivity index (χ1v) is 10.0. The molecule has 0 spiro atoms. The Morgan fingerprint density at radius 1 is 1.34 bits per heavy atom. The largest absolute Gasteiger partial charge is 0.366 e. The van der Waals surface area contributed by atoms with Gasteiger partial charge in [-0.3, -0.25) is 0 Å². The molecule has 0 radical (unpaired) electrons. The highest BCUT2D eigenvalue weighted by molar-refractivity contribution is 6.30. The second-order valence-corrected chi connectivity index (χ2v) is 7.95. The normalized spacial score (nSPS) is 15.2. The third kappa shape index (κ3) is 5.63. The van der Waals surface area contributed by atoms with Gasteiger partial charge in [-0.1, -0.05) is 25.4 Å². The third-order valence-corrected chi connectivity index (χ3v) is 4.75. The van der Waals surface area contributed by atoms with Crippen molar-refractivity contribution in [2.45, 2.75) is 13.8 Å². The third-order valence-electron chi connectivity index (χ3n) is 4.52. The van der Waals surface area contributed by atoms with Gasteiger partial charge in [0.15, 0.2) is 0 Å². The van der Waals surface area contributed by atoms with Crippen LogP contribution in [0.25, 0.3) is 6.08 Å². The maximum absolute atomic E-state index is 9.42. The van der Waals surface area contributed by atoms with E-state index in [9.17, 15) is 5.26 Å². The van der Waals surface area contributed by atoms with Crippen LogP contribution in [0.3, 0.4) is 0 Å². The van der Waals surface area contributed by atoms with Crippen LogP contribution in [0, 0.1) is 17.2 Å². The molecule has 0 bridgehead atoms. The van der Waals surface area contributed by atoms with E-state index in [1.165, 1.54) is 0 Å². The minimum absolute atomic E-state index is 0.436. The lowest BCUT2D eigenvalue weighted by atomic mass is 10.1. The molecular formula is C22H26ClN5O. The van der Waals surface area contributed by atoms with E-state index < -0.39 is 0 Å². The van der Waals surface area contributed by atoms with Crippen LogP contribution < -0.4 is 15.5 Å². The van der Waals surface area contributed by atoms with Crippen LogP contribution in [0.1, 0.15) is 25.0 Å². The molecule has 0 saturated carbocycles. The average Bonchev–Trinajstić information content (AvgIpc) is 2.67. The molecule has 2 heterocycles. The van der Waals surface area contributed by atoms with Crippen molar-refractivity contribution in [3.63, 3.8) is 0 Å². The maximum Gasteiger partial charge on any atom is 0.148 e. The van der Waals surface area contributed by atoms with Crippen molar-refractivity contribution < 1.29 is 4.74 Å². The Morgan fingerprint density at radius 2 is 2.17 bits per heavy atom. The summed E-state index contributed by atoms with van der Waals surface area (Å²) in [7, 11) is 1.96. The SMILES string of the molecule is CC(C)CN(C)c1nc(NC/C2=C/c3cc(Cl)ccc3NCOC2)ccc1C#N. The molecule has 1 aliphatic rings. The van der Waals surface area contributed by atoms with Crippen molar-refractivity contribution in [2.24, 2.45) is 5.92 Å². The molecule has 0 fully saturated rings. The first kappa shape index (κ1) is 21.0. The van der Waals surface area contributed by atoms with Gasteiger partial charge in [-0.2, -0.15) is 5.26 Å². The monoisotopic (exact) mass is 411 g/mol. The molecule has 0 amide bonds. The second-order valence-electron chi connectivity index (χ2n) is 7.51. The number of aromatic nitrogens is 1. The zero-order valence-corrected chi connectivity index (χ0v) is 17.8. The van der Waals surface area contributed by atoms with Crippen molar-refractivity contribution in [3.8, 4) is 6.07 Å². The van der Waals surface area contributed by atoms with Gasteiger partial charge in [-0.05, 0) is 53.5 Å². The molecule has 152 valence electrons. The van der Waals surface area contributed by atoms with Gasteiger partial charge in [0.25, 0.3) is 0 Å². The molecule has 1 aromatic carbocycles. The minimum atomic E-state index is 0.436. The highest BCUT2D eigenvalue weighted by Crippen LogP contribution is 2.25. The molecule has 2 N–H and O–H groups in total. The summed E-state index contributed by atoms with van der Waals surface area (Å²) in [6.45, 7) is 6.63. The molecular weight excluding hydrogens is 386 g/mol. The Morgan fingerprint density at radius 3 is 2.93 bits per heavy atom. The fourth-order valence-corrected chi connectivity index (χ4v) is 3.43. The van der Waals surface area contributed by atoms with Crippen LogP contribution in [-0.4, -0.2) is 38.5 Å². The number of halogens is 1. The average molecular weight is 412 g/mol. The topological polar surface area (TPSA) is 73.2 Å². The van der Waals surface area contributed by atoms with Crippen molar-refractivity contribution in [1.82, 2.24) is 4.98 Å². The highest BCUT2D eigenvalue weighted by atomic mass is 35.5. The smallest absolute Gasteiger partial charge is 0.148 e. The predicted molar refractivity (Wildman–Crippen MR) is 119 cm³/mol. The number of fused-ring (bicyclic) bond motifs is 1. The standard InChI is InChI=1S/C22H26ClN5O/c1-15(2)12-28(3)22-17(10-24)4-7-21(27-22)25-11-16-8-18-9-19(23)5-6-20(18)26-14-29-13-16/h4-9,15,26H,11-14H2,1-3H3,(H,25,27)/b16-8-. The van der Waals surface area contributed by atoms with Crippen LogP contribution in [0.5, 0.6) is 0 Å². The van der Waals surface area contributed by atoms with Crippen LogP contribution in [0.15, 0.2) is 35.9 Å². The van der Waals surface area contributed by atoms with Crippen LogP contribution in [0.2, 0.25) is 5.02 Å². The van der Waals surface area contributed by atoms with Gasteiger partial charge in [0.2, 0.25) is 0 Å². The molecule has 1 aliphatic heterocycles. The highest BCUT2D eigenvalue weighted by Gasteiger charge is 2.13. The van der Waals surface area contributed by atoms with Crippen molar-refractivity contribution in [3.05, 3.63) is 52.1 Å². The van der Waals surface area contributed by atoms with E-state index in [-0.39, 0.29) is 0 Å². The van der Waals surface area contributed by atoms with E-state index in [1.54, 1.807) is 0 Å². The van der Waals surface area contributed by atoms with E-state index in [1.807, 2.05) is 42.3 Å². The molecule has 3 rings (SSSR count). The summed E-state index contributed by atoms with van der Waals surface area (Å²) >= 11 is 6.16. The number of pyridine rings is 1. The molecule has 0 unspecified atom stereocenters. The van der Waals surface area contributed by atoms with E-state index in [0.717, 1.165) is 29.2 Å². The summed E-state index contributed by atoms with van der Waals surface area (Å²) in [6.07, 6.45) is 2.08. The van der Waals surface area contributed by atoms with E-state index >= 15 is 0 Å². The Kier molecular flexibility index (Phi) is 6.97. The molecule has 7 heteroatoms. The Balaban J connectivity index is 1.78. The molecule has 0 atom stereocenters. The van der Waals surface area contributed by atoms with E-state index in [4.69, 9.17) is 16.3 Å². The Bertz CT molecular complexity index is 935. The van der Waals surface area contributed by atoms with Crippen LogP contribution >= 0.6 is 11.6 Å². The molecule has 0 aliphatic carbocycles. The van der Waals surface area contributed by atoms with Crippen LogP contribution in [0.4, 0.5) is 17.3 Å². The number of benzene rings is 1. The summed E-state index contributed by atoms with van der Waals surface area (Å²) < 4.78 is 5.68. The summed E-state index contributed by atoms with van der Waals surface area (Å²) in [4.78, 5) is 6.70. The van der Waals surface area contributed by atoms with E-state index in [2.05, 4.69) is 41.6 Å². The molecule has 2 aromatic rings. The summed E-state index contributed by atoms with van der Waals surface area (Å²) in [6, 6.07) is 11.6. The van der Waals surface area contributed by atoms with E-state index in [0.29, 0.717) is 42.2 Å². The number of rotatable bonds is 6. The fourth-order valence-electron chi connectivity index (χ4n) is 3.25. The minimum Gasteiger partial charge on any atom is -0.366 e. The number of ether oxygens (including phenoxy) is 1. The van der Waals surface area contributed by atoms with Crippen molar-refractivity contribution in [1.29, 1.82) is 5.26 Å². The number of nitrogens with zero attached hydrogens (tertiary/aromatic N) is 3. The number of anilines is 3. The number of nitrogens with one attached hydrogen (secondary N) is 2. The quantitative estimate of drug-likeness (QED) is 0.724. The zero-order valence-electron chi connectivity index (χ0n) is 17.0. The lowest BCUT2D eigenvalue weighted by Crippen LogP contribution is -2.25. The van der Waals surface area contributed by atoms with Crippen molar-refractivity contribution >= 4 is 35.0 Å². The molecule has 6 nitrogen and oxygen atoms in total. The zero-order chi connectivity index (χ0) is 20.8. The number of hydrogen-bond acceptors (Lipinski definition) is 6. The van der Waals surface area contributed by atoms with Gasteiger partial charge < -0.3 is 20.3 Å². The number of nitriles is 1. The summed E-state index contributed by atoms with van der Waals surface area (Å²) in [5.41, 5.74) is 3.67. The molecule has 0 saturated heterocycles. The van der Waals surface area contributed by atoms with Gasteiger partial charge in [0.1, 0.15) is 24.4 Å². The second kappa shape index (κ2) is 9.64. The first-order valence-electron chi connectivity index (χ1n) is 9.63. The van der Waals surface area contributed by atoms with Gasteiger partial charge >= 0.3 is 0 Å². The lowest BCUT2D eigenvalue weighted by Gasteiger charge is -2.22. The summed E-state index contributed by atoms with van der Waals surface area (Å²) in [5.74, 6) is 1.89.